The van der Waals surface area contributed by atoms with Gasteiger partial charge in [0.15, 0.2) is 0 Å². The van der Waals surface area contributed by atoms with Crippen molar-refractivity contribution in [1.29, 1.82) is 0 Å². The molecule has 2 rings (SSSR count). The summed E-state index contributed by atoms with van der Waals surface area (Å²) in [4.78, 5) is 18.6. The highest BCUT2D eigenvalue weighted by atomic mass is 32.2. The molecule has 2 heterocycles. The van der Waals surface area contributed by atoms with Crippen LogP contribution in [-0.4, -0.2) is 95.2 Å². The molecule has 0 spiro atoms. The van der Waals surface area contributed by atoms with Crippen molar-refractivity contribution in [1.82, 2.24) is 14.7 Å². The van der Waals surface area contributed by atoms with Crippen molar-refractivity contribution in [3.05, 3.63) is 0 Å². The lowest BCUT2D eigenvalue weighted by Gasteiger charge is -2.37. The molecule has 0 aromatic rings. The second-order valence-corrected chi connectivity index (χ2v) is 7.70. The monoisotopic (exact) mass is 301 g/mol. The minimum Gasteiger partial charge on any atom is -0.390 e. The number of aliphatic hydroxyl groups excluding tert-OH is 1. The quantitative estimate of drug-likeness (QED) is 0.789. The number of hydrogen-bond acceptors (Lipinski definition) is 5. The van der Waals surface area contributed by atoms with Crippen molar-refractivity contribution < 1.29 is 9.90 Å². The molecule has 0 aliphatic carbocycles. The standard InChI is InChI=1S/C14H27N3O2S/c1-11(2)20-10-14(19)17-8-12(13(18)9-17)16-6-4-15(3)5-7-16/h11-13,18H,4-10H2,1-3H3/t12-,13-/m0/s1. The molecule has 2 atom stereocenters. The number of aliphatic hydroxyl groups is 1. The van der Waals surface area contributed by atoms with Gasteiger partial charge >= 0.3 is 0 Å². The zero-order valence-corrected chi connectivity index (χ0v) is 13.6. The third kappa shape index (κ3) is 4.10. The Morgan fingerprint density at radius 2 is 1.90 bits per heavy atom. The maximum absolute atomic E-state index is 12.1. The van der Waals surface area contributed by atoms with Crippen LogP contribution in [0, 0.1) is 0 Å². The minimum absolute atomic E-state index is 0.122. The van der Waals surface area contributed by atoms with Crippen LogP contribution < -0.4 is 0 Å². The van der Waals surface area contributed by atoms with E-state index in [-0.39, 0.29) is 11.9 Å². The molecule has 20 heavy (non-hydrogen) atoms. The highest BCUT2D eigenvalue weighted by molar-refractivity contribution is 8.00. The Morgan fingerprint density at radius 1 is 1.25 bits per heavy atom. The number of amides is 1. The molecule has 0 aromatic heterocycles. The number of hydrogen-bond donors (Lipinski definition) is 1. The number of nitrogens with zero attached hydrogens (tertiary/aromatic N) is 3. The van der Waals surface area contributed by atoms with Gasteiger partial charge in [-0.1, -0.05) is 13.8 Å². The highest BCUT2D eigenvalue weighted by Gasteiger charge is 2.38. The number of piperazine rings is 1. The normalized spacial score (nSPS) is 29.4. The van der Waals surface area contributed by atoms with Crippen molar-refractivity contribution in [2.45, 2.75) is 31.2 Å². The summed E-state index contributed by atoms with van der Waals surface area (Å²) >= 11 is 1.67. The van der Waals surface area contributed by atoms with E-state index in [0.717, 1.165) is 26.2 Å². The predicted octanol–water partition coefficient (Wildman–Crippen LogP) is -0.0529. The van der Waals surface area contributed by atoms with Crippen molar-refractivity contribution in [2.75, 3.05) is 52.1 Å². The third-order valence-corrected chi connectivity index (χ3v) is 5.24. The van der Waals surface area contributed by atoms with Gasteiger partial charge in [0.1, 0.15) is 0 Å². The maximum Gasteiger partial charge on any atom is 0.232 e. The predicted molar refractivity (Wildman–Crippen MR) is 83.0 cm³/mol. The average molecular weight is 301 g/mol. The van der Waals surface area contributed by atoms with Gasteiger partial charge in [-0.05, 0) is 12.3 Å². The van der Waals surface area contributed by atoms with Crippen LogP contribution in [0.1, 0.15) is 13.8 Å². The van der Waals surface area contributed by atoms with Crippen molar-refractivity contribution in [2.24, 2.45) is 0 Å². The molecule has 2 aliphatic heterocycles. The number of carbonyl (C=O) groups is 1. The fourth-order valence-corrected chi connectivity index (χ4v) is 3.47. The molecule has 0 radical (unpaired) electrons. The van der Waals surface area contributed by atoms with E-state index in [4.69, 9.17) is 0 Å². The summed E-state index contributed by atoms with van der Waals surface area (Å²) < 4.78 is 0. The molecule has 2 saturated heterocycles. The second kappa shape index (κ2) is 7.11. The molecular formula is C14H27N3O2S. The average Bonchev–Trinajstić information content (AvgIpc) is 2.79. The van der Waals surface area contributed by atoms with Crippen LogP contribution in [0.4, 0.5) is 0 Å². The number of likely N-dealkylation sites (N-methyl/N-ethyl adjacent to an activating group) is 1. The molecule has 0 aromatic carbocycles. The summed E-state index contributed by atoms with van der Waals surface area (Å²) in [5.41, 5.74) is 0. The Labute approximate surface area is 126 Å². The molecular weight excluding hydrogens is 274 g/mol. The molecule has 0 bridgehead atoms. The SMILES string of the molecule is CC(C)SCC(=O)N1C[C@H](O)[C@@H](N2CCN(C)CC2)C1. The molecule has 6 heteroatoms. The van der Waals surface area contributed by atoms with E-state index in [2.05, 4.69) is 30.7 Å². The summed E-state index contributed by atoms with van der Waals surface area (Å²) in [5.74, 6) is 0.694. The summed E-state index contributed by atoms with van der Waals surface area (Å²) in [6.07, 6.45) is -0.397. The fraction of sp³-hybridized carbons (Fsp3) is 0.929. The van der Waals surface area contributed by atoms with Gasteiger partial charge in [0.2, 0.25) is 5.91 Å². The van der Waals surface area contributed by atoms with Crippen LogP contribution in [0.15, 0.2) is 0 Å². The van der Waals surface area contributed by atoms with E-state index in [0.29, 0.717) is 24.1 Å². The van der Waals surface area contributed by atoms with Gasteiger partial charge in [-0.2, -0.15) is 0 Å². The van der Waals surface area contributed by atoms with Crippen LogP contribution in [0.2, 0.25) is 0 Å². The molecule has 0 saturated carbocycles. The molecule has 116 valence electrons. The first-order chi connectivity index (χ1) is 9.47. The van der Waals surface area contributed by atoms with E-state index in [1.54, 1.807) is 11.8 Å². The van der Waals surface area contributed by atoms with Crippen LogP contribution in [0.25, 0.3) is 0 Å². The summed E-state index contributed by atoms with van der Waals surface area (Å²) in [7, 11) is 2.13. The van der Waals surface area contributed by atoms with Crippen molar-refractivity contribution in [3.63, 3.8) is 0 Å². The van der Waals surface area contributed by atoms with Gasteiger partial charge in [-0.25, -0.2) is 0 Å². The first-order valence-electron chi connectivity index (χ1n) is 7.47. The van der Waals surface area contributed by atoms with Crippen LogP contribution in [-0.2, 0) is 4.79 Å². The minimum atomic E-state index is -0.397. The second-order valence-electron chi connectivity index (χ2n) is 6.13. The molecule has 2 fully saturated rings. The van der Waals surface area contributed by atoms with E-state index in [1.165, 1.54) is 0 Å². The molecule has 2 aliphatic rings. The smallest absolute Gasteiger partial charge is 0.232 e. The summed E-state index contributed by atoms with van der Waals surface area (Å²) in [6.45, 7) is 9.44. The van der Waals surface area contributed by atoms with Crippen molar-refractivity contribution in [3.8, 4) is 0 Å². The Kier molecular flexibility index (Phi) is 5.72. The number of thioether (sulfide) groups is 1. The van der Waals surface area contributed by atoms with Gasteiger partial charge in [0, 0.05) is 39.3 Å². The van der Waals surface area contributed by atoms with Gasteiger partial charge in [0.05, 0.1) is 17.9 Å². The van der Waals surface area contributed by atoms with Crippen LogP contribution in [0.5, 0.6) is 0 Å². The molecule has 0 unspecified atom stereocenters. The molecule has 5 nitrogen and oxygen atoms in total. The lowest BCUT2D eigenvalue weighted by molar-refractivity contribution is -0.127. The largest absolute Gasteiger partial charge is 0.390 e. The first kappa shape index (κ1) is 16.1. The van der Waals surface area contributed by atoms with E-state index >= 15 is 0 Å². The summed E-state index contributed by atoms with van der Waals surface area (Å²) in [6, 6.07) is 0.122. The van der Waals surface area contributed by atoms with Gasteiger partial charge in [-0.15, -0.1) is 11.8 Å². The zero-order chi connectivity index (χ0) is 14.7. The van der Waals surface area contributed by atoms with Crippen LogP contribution >= 0.6 is 11.8 Å². The molecule has 1 amide bonds. The van der Waals surface area contributed by atoms with Crippen molar-refractivity contribution >= 4 is 17.7 Å². The first-order valence-corrected chi connectivity index (χ1v) is 8.52. The number of β-amino-alcohol motifs (C(OH)–C–C–N with tert-alkyl or cyclic N) is 1. The van der Waals surface area contributed by atoms with Gasteiger partial charge in [0.25, 0.3) is 0 Å². The zero-order valence-electron chi connectivity index (χ0n) is 12.8. The Bertz CT molecular complexity index is 332. The van der Waals surface area contributed by atoms with Gasteiger partial charge in [-0.3, -0.25) is 9.69 Å². The summed E-state index contributed by atoms with van der Waals surface area (Å²) in [5, 5.41) is 10.7. The van der Waals surface area contributed by atoms with Crippen LogP contribution in [0.3, 0.4) is 0 Å². The Balaban J connectivity index is 1.83. The third-order valence-electron chi connectivity index (χ3n) is 4.16. The van der Waals surface area contributed by atoms with Gasteiger partial charge < -0.3 is 14.9 Å². The number of rotatable bonds is 4. The lowest BCUT2D eigenvalue weighted by Crippen LogP contribution is -2.52. The van der Waals surface area contributed by atoms with E-state index in [1.807, 2.05) is 4.90 Å². The lowest BCUT2D eigenvalue weighted by atomic mass is 10.1. The Hall–Kier alpha value is -0.300. The highest BCUT2D eigenvalue weighted by Crippen LogP contribution is 2.20. The van der Waals surface area contributed by atoms with E-state index in [9.17, 15) is 9.90 Å². The molecule has 1 N–H and O–H groups in total. The topological polar surface area (TPSA) is 47.0 Å². The fourth-order valence-electron chi connectivity index (χ4n) is 2.81. The van der Waals surface area contributed by atoms with E-state index < -0.39 is 6.10 Å². The number of carbonyl (C=O) groups excluding carboxylic acids is 1. The Morgan fingerprint density at radius 3 is 2.50 bits per heavy atom. The maximum atomic E-state index is 12.1. The number of likely N-dealkylation sites (tertiary alicyclic amines) is 1.